The Bertz CT molecular complexity index is 2920. The van der Waals surface area contributed by atoms with Gasteiger partial charge < -0.3 is 90.9 Å². The van der Waals surface area contributed by atoms with Crippen molar-refractivity contribution >= 4 is 71.8 Å². The van der Waals surface area contributed by atoms with E-state index in [4.69, 9.17) is 80.5 Å². The monoisotopic (exact) mass is 1300 g/mol. The molecular formula is C61H77NO30. The van der Waals surface area contributed by atoms with Crippen molar-refractivity contribution in [3.05, 3.63) is 59.7 Å². The van der Waals surface area contributed by atoms with Crippen molar-refractivity contribution in [1.29, 1.82) is 0 Å². The first-order valence-electron chi connectivity index (χ1n) is 29.5. The van der Waals surface area contributed by atoms with E-state index in [0.29, 0.717) is 19.3 Å². The predicted molar refractivity (Wildman–Crippen MR) is 303 cm³/mol. The van der Waals surface area contributed by atoms with Crippen LogP contribution in [0.1, 0.15) is 118 Å². The first-order chi connectivity index (χ1) is 43.6. The van der Waals surface area contributed by atoms with Gasteiger partial charge in [0.15, 0.2) is 61.6 Å². The molecule has 1 amide bonds. The number of aliphatic carboxylic acids is 1. The summed E-state index contributed by atoms with van der Waals surface area (Å²) in [6.07, 6.45) is -26.6. The summed E-state index contributed by atoms with van der Waals surface area (Å²) in [5, 5.41) is 12.5. The number of esters is 10. The van der Waals surface area contributed by atoms with Gasteiger partial charge in [-0.25, -0.2) is 9.59 Å². The normalized spacial score (nSPS) is 26.7. The number of hydrogen-bond acceptors (Lipinski definition) is 29. The van der Waals surface area contributed by atoms with Crippen molar-refractivity contribution in [3.63, 3.8) is 0 Å². The molecular weight excluding hydrogens is 1230 g/mol. The zero-order chi connectivity index (χ0) is 67.5. The lowest BCUT2D eigenvalue weighted by Crippen LogP contribution is -2.69. The van der Waals surface area contributed by atoms with Gasteiger partial charge in [-0.3, -0.25) is 47.9 Å². The number of fused-ring (bicyclic) bond motifs is 3. The Hall–Kier alpha value is -8.36. The maximum atomic E-state index is 13.2. The fourth-order valence-corrected chi connectivity index (χ4v) is 10.9. The van der Waals surface area contributed by atoms with Crippen molar-refractivity contribution in [3.8, 4) is 11.1 Å². The first-order valence-corrected chi connectivity index (χ1v) is 29.5. The van der Waals surface area contributed by atoms with Gasteiger partial charge >= 0.3 is 71.8 Å². The molecule has 31 heteroatoms. The highest BCUT2D eigenvalue weighted by atomic mass is 16.8. The van der Waals surface area contributed by atoms with E-state index < -0.39 is 190 Å². The number of unbranched alkanes of at least 4 members (excludes halogenated alkanes) is 3. The van der Waals surface area contributed by atoms with Gasteiger partial charge in [-0.2, -0.15) is 0 Å². The van der Waals surface area contributed by atoms with Crippen LogP contribution in [0.15, 0.2) is 48.5 Å². The lowest BCUT2D eigenvalue weighted by molar-refractivity contribution is -0.380. The number of amides is 1. The largest absolute Gasteiger partial charge is 0.480 e. The summed E-state index contributed by atoms with van der Waals surface area (Å²) in [4.78, 5) is 153. The maximum absolute atomic E-state index is 13.2. The van der Waals surface area contributed by atoms with Crippen LogP contribution in [0.2, 0.25) is 0 Å². The molecule has 3 aliphatic heterocycles. The molecule has 2 N–H and O–H groups in total. The molecule has 3 fully saturated rings. The lowest BCUT2D eigenvalue weighted by atomic mass is 9.95. The van der Waals surface area contributed by atoms with Crippen molar-refractivity contribution < 1.29 is 143 Å². The molecule has 92 heavy (non-hydrogen) atoms. The zero-order valence-corrected chi connectivity index (χ0v) is 52.3. The van der Waals surface area contributed by atoms with Gasteiger partial charge in [0.25, 0.3) is 0 Å². The van der Waals surface area contributed by atoms with Crippen molar-refractivity contribution in [2.45, 2.75) is 205 Å². The van der Waals surface area contributed by atoms with E-state index in [0.717, 1.165) is 91.5 Å². The Morgan fingerprint density at radius 3 is 1.15 bits per heavy atom. The van der Waals surface area contributed by atoms with Crippen LogP contribution in [0, 0.1) is 0 Å². The third kappa shape index (κ3) is 20.8. The number of hydrogen-bond donors (Lipinski definition) is 2. The van der Waals surface area contributed by atoms with Crippen LogP contribution in [0.5, 0.6) is 0 Å². The van der Waals surface area contributed by atoms with Gasteiger partial charge in [0.1, 0.15) is 63.0 Å². The molecule has 3 heterocycles. The molecule has 2 aromatic rings. The highest BCUT2D eigenvalue weighted by Crippen LogP contribution is 2.45. The topological polar surface area (TPSA) is 394 Å². The van der Waals surface area contributed by atoms with Crippen LogP contribution in [0.4, 0.5) is 4.79 Å². The number of alkyl carbamates (subject to hydrolysis) is 1. The highest BCUT2D eigenvalue weighted by molar-refractivity contribution is 5.81. The molecule has 2 aromatic carbocycles. The number of carboxylic acid groups (broad SMARTS) is 1. The van der Waals surface area contributed by atoms with E-state index in [9.17, 15) is 62.6 Å². The Morgan fingerprint density at radius 2 is 0.750 bits per heavy atom. The van der Waals surface area contributed by atoms with Crippen LogP contribution in [0.3, 0.4) is 0 Å². The number of benzene rings is 2. The van der Waals surface area contributed by atoms with Crippen LogP contribution in [-0.2, 0) is 133 Å². The fourth-order valence-electron chi connectivity index (χ4n) is 10.9. The molecule has 1 aliphatic carbocycles. The number of carbonyl (C=O) groups excluding carboxylic acids is 11. The van der Waals surface area contributed by atoms with E-state index >= 15 is 0 Å². The van der Waals surface area contributed by atoms with E-state index in [1.807, 2.05) is 48.5 Å². The van der Waals surface area contributed by atoms with Gasteiger partial charge in [-0.05, 0) is 35.1 Å². The molecule has 3 saturated heterocycles. The minimum Gasteiger partial charge on any atom is -0.480 e. The molecule has 31 nitrogen and oxygen atoms in total. The number of ether oxygens (including phenoxy) is 17. The third-order valence-corrected chi connectivity index (χ3v) is 14.4. The lowest BCUT2D eigenvalue weighted by Gasteiger charge is -2.50. The molecule has 0 aromatic heterocycles. The third-order valence-electron chi connectivity index (χ3n) is 14.4. The van der Waals surface area contributed by atoms with Gasteiger partial charge in [0.2, 0.25) is 0 Å². The second kappa shape index (κ2) is 34.3. The summed E-state index contributed by atoms with van der Waals surface area (Å²) in [5.74, 6) is -11.2. The molecule has 16 atom stereocenters. The highest BCUT2D eigenvalue weighted by Gasteiger charge is 2.60. The van der Waals surface area contributed by atoms with Crippen molar-refractivity contribution in [2.24, 2.45) is 0 Å². The number of rotatable bonds is 29. The van der Waals surface area contributed by atoms with Gasteiger partial charge in [-0.15, -0.1) is 0 Å². The van der Waals surface area contributed by atoms with Gasteiger partial charge in [0, 0.05) is 81.8 Å². The van der Waals surface area contributed by atoms with Crippen molar-refractivity contribution in [1.82, 2.24) is 5.32 Å². The van der Waals surface area contributed by atoms with E-state index in [1.54, 1.807) is 0 Å². The minimum absolute atomic E-state index is 0.0227. The molecule has 0 radical (unpaired) electrons. The molecule has 6 unspecified atom stereocenters. The molecule has 0 spiro atoms. The molecule has 506 valence electrons. The van der Waals surface area contributed by atoms with Gasteiger partial charge in [0.05, 0.1) is 0 Å². The van der Waals surface area contributed by atoms with Gasteiger partial charge in [-0.1, -0.05) is 67.8 Å². The zero-order valence-electron chi connectivity index (χ0n) is 52.3. The van der Waals surface area contributed by atoms with E-state index in [-0.39, 0.29) is 32.0 Å². The average molecular weight is 1300 g/mol. The first kappa shape index (κ1) is 72.7. The van der Waals surface area contributed by atoms with E-state index in [2.05, 4.69) is 5.32 Å². The number of carboxylic acids is 1. The average Bonchev–Trinajstić information content (AvgIpc) is 1.04. The summed E-state index contributed by atoms with van der Waals surface area (Å²) in [6.45, 7) is 7.54. The second-order valence-corrected chi connectivity index (χ2v) is 21.7. The Kier molecular flexibility index (Phi) is 27.1. The smallest absolute Gasteiger partial charge is 0.407 e. The summed E-state index contributed by atoms with van der Waals surface area (Å²) >= 11 is 0. The minimum atomic E-state index is -2.07. The van der Waals surface area contributed by atoms with Crippen LogP contribution in [-0.4, -0.2) is 208 Å². The quantitative estimate of drug-likeness (QED) is 0.0671. The number of carbonyl (C=O) groups is 12. The molecule has 6 rings (SSSR count). The molecule has 4 aliphatic rings. The van der Waals surface area contributed by atoms with Crippen LogP contribution in [0.25, 0.3) is 11.1 Å². The summed E-state index contributed by atoms with van der Waals surface area (Å²) in [5.41, 5.74) is 4.01. The summed E-state index contributed by atoms with van der Waals surface area (Å²) in [7, 11) is 0. The predicted octanol–water partition coefficient (Wildman–Crippen LogP) is 3.10. The molecule has 0 saturated carbocycles. The Balaban J connectivity index is 1.23. The fraction of sp³-hybridized carbons (Fsp3) is 0.607. The standard InChI is InChI=1S/C61H77NO30/c1-29(63)77-26-45-48(81-32(4)66)51(82-33(5)67)55(86-37(9)71)59(89-45)92-50-47(28-79-31(3)65)90-60(56(87-38(10)72)53(50)84-35(7)69)91-49-46(27-78-30(2)64)88-58(54(85-36(8)70)52(49)83-34(6)68)76-24-18-12-11-13-23-44(57(73)74)62-61(75)80-25-43-41-21-16-14-19-39(41)40-20-15-17-22-42(40)43/h14-17,19-22,43-56,58-60H,11-13,18,23-28H2,1-10H3,(H,62,75)(H,73,74)/t44-,45?,46?,47?,48-,49+,50-,51-,52?,53?,54-,55?,56-,58+,59+,60-/m0/s1. The SMILES string of the molecule is CC(=O)OCC1O[C@@H](OCCCCCC[C@H](NC(=O)OCC2c3ccccc3-c3ccccc32)C(=O)O)[C@@H](OC(C)=O)C(OC(C)=O)[C@@H]1O[C@@H]1OC(COC(C)=O)[C@H](O[C@H]2OC(COC(C)=O)[C@H](OC(C)=O)[C@H](OC(C)=O)C2OC(C)=O)C(OC(C)=O)[C@@H]1OC(C)=O. The van der Waals surface area contributed by atoms with E-state index in [1.165, 1.54) is 0 Å². The number of nitrogens with one attached hydrogen (secondary N) is 1. The van der Waals surface area contributed by atoms with Crippen molar-refractivity contribution in [2.75, 3.05) is 33.0 Å². The summed E-state index contributed by atoms with van der Waals surface area (Å²) in [6, 6.07) is 14.2. The summed E-state index contributed by atoms with van der Waals surface area (Å²) < 4.78 is 99.1. The maximum Gasteiger partial charge on any atom is 0.407 e. The Morgan fingerprint density at radius 1 is 0.402 bits per heavy atom. The Labute approximate surface area is 528 Å². The van der Waals surface area contributed by atoms with Crippen LogP contribution >= 0.6 is 0 Å². The van der Waals surface area contributed by atoms with Crippen LogP contribution < -0.4 is 5.32 Å². The molecule has 0 bridgehead atoms. The second-order valence-electron chi connectivity index (χ2n) is 21.7.